The summed E-state index contributed by atoms with van der Waals surface area (Å²) in [4.78, 5) is 0. The first-order chi connectivity index (χ1) is 8.14. The summed E-state index contributed by atoms with van der Waals surface area (Å²) in [7, 11) is 0. The molecule has 0 aliphatic rings. The van der Waals surface area contributed by atoms with Gasteiger partial charge in [0.05, 0.1) is 5.60 Å². The summed E-state index contributed by atoms with van der Waals surface area (Å²) in [6.45, 7) is 6.45. The molecule has 0 aliphatic carbocycles. The minimum absolute atomic E-state index is 0.614. The SMILES string of the molecule is CCCCC(O)(CCCC)c1ccccc1C. The molecule has 96 valence electrons. The molecule has 1 heteroatoms. The third kappa shape index (κ3) is 3.85. The van der Waals surface area contributed by atoms with E-state index in [-0.39, 0.29) is 0 Å². The van der Waals surface area contributed by atoms with Crippen molar-refractivity contribution in [2.45, 2.75) is 64.9 Å². The first-order valence-corrected chi connectivity index (χ1v) is 6.92. The Labute approximate surface area is 106 Å². The van der Waals surface area contributed by atoms with E-state index in [1.807, 2.05) is 12.1 Å². The zero-order chi connectivity index (χ0) is 12.7. The highest BCUT2D eigenvalue weighted by atomic mass is 16.3. The third-order valence-electron chi connectivity index (χ3n) is 3.53. The van der Waals surface area contributed by atoms with Crippen LogP contribution in [0.25, 0.3) is 0 Å². The standard InChI is InChI=1S/C16H26O/c1-4-6-12-16(17,13-7-5-2)15-11-9-8-10-14(15)3/h8-11,17H,4-7,12-13H2,1-3H3. The number of unbranched alkanes of at least 4 members (excludes halogenated alkanes) is 2. The lowest BCUT2D eigenvalue weighted by Gasteiger charge is -2.30. The maximum atomic E-state index is 10.9. The summed E-state index contributed by atoms with van der Waals surface area (Å²) in [5.74, 6) is 0. The number of hydrogen-bond donors (Lipinski definition) is 1. The number of benzene rings is 1. The van der Waals surface area contributed by atoms with Crippen LogP contribution in [0.3, 0.4) is 0 Å². The molecular weight excluding hydrogens is 208 g/mol. The van der Waals surface area contributed by atoms with Crippen molar-refractivity contribution in [3.05, 3.63) is 35.4 Å². The molecule has 0 radical (unpaired) electrons. The Balaban J connectivity index is 2.92. The Morgan fingerprint density at radius 1 is 1.00 bits per heavy atom. The van der Waals surface area contributed by atoms with Gasteiger partial charge in [0.15, 0.2) is 0 Å². The zero-order valence-electron chi connectivity index (χ0n) is 11.5. The molecule has 0 aromatic heterocycles. The van der Waals surface area contributed by atoms with Gasteiger partial charge in [-0.3, -0.25) is 0 Å². The fraction of sp³-hybridized carbons (Fsp3) is 0.625. The van der Waals surface area contributed by atoms with Crippen LogP contribution in [0.4, 0.5) is 0 Å². The summed E-state index contributed by atoms with van der Waals surface area (Å²) < 4.78 is 0. The minimum Gasteiger partial charge on any atom is -0.385 e. The van der Waals surface area contributed by atoms with Crippen LogP contribution in [0.1, 0.15) is 63.5 Å². The molecule has 1 N–H and O–H groups in total. The van der Waals surface area contributed by atoms with Crippen LogP contribution in [0, 0.1) is 6.92 Å². The van der Waals surface area contributed by atoms with E-state index in [0.29, 0.717) is 0 Å². The van der Waals surface area contributed by atoms with Gasteiger partial charge >= 0.3 is 0 Å². The van der Waals surface area contributed by atoms with Crippen molar-refractivity contribution in [1.82, 2.24) is 0 Å². The lowest BCUT2D eigenvalue weighted by atomic mass is 9.82. The van der Waals surface area contributed by atoms with Gasteiger partial charge < -0.3 is 5.11 Å². The van der Waals surface area contributed by atoms with E-state index in [4.69, 9.17) is 0 Å². The second-order valence-electron chi connectivity index (χ2n) is 5.05. The lowest BCUT2D eigenvalue weighted by Crippen LogP contribution is -2.26. The molecule has 0 atom stereocenters. The fourth-order valence-electron chi connectivity index (χ4n) is 2.43. The first kappa shape index (κ1) is 14.2. The molecule has 0 saturated heterocycles. The lowest BCUT2D eigenvalue weighted by molar-refractivity contribution is 0.0136. The van der Waals surface area contributed by atoms with Crippen molar-refractivity contribution < 1.29 is 5.11 Å². The quantitative estimate of drug-likeness (QED) is 0.733. The van der Waals surface area contributed by atoms with E-state index in [0.717, 1.165) is 44.1 Å². The molecule has 1 aromatic carbocycles. The molecule has 0 aliphatic heterocycles. The second kappa shape index (κ2) is 6.80. The van der Waals surface area contributed by atoms with Crippen LogP contribution in [0.15, 0.2) is 24.3 Å². The fourth-order valence-corrected chi connectivity index (χ4v) is 2.43. The average Bonchev–Trinajstić information content (AvgIpc) is 2.34. The second-order valence-corrected chi connectivity index (χ2v) is 5.05. The van der Waals surface area contributed by atoms with E-state index in [2.05, 4.69) is 32.9 Å². The van der Waals surface area contributed by atoms with Crippen LogP contribution in [-0.2, 0) is 5.60 Å². The predicted molar refractivity (Wildman–Crippen MR) is 74.1 cm³/mol. The number of hydrogen-bond acceptors (Lipinski definition) is 1. The predicted octanol–water partition coefficient (Wildman–Crippen LogP) is 4.56. The molecule has 0 spiro atoms. The maximum Gasteiger partial charge on any atom is 0.0899 e. The van der Waals surface area contributed by atoms with E-state index in [1.165, 1.54) is 5.56 Å². The molecule has 1 aromatic rings. The molecule has 0 amide bonds. The highest BCUT2D eigenvalue weighted by molar-refractivity contribution is 5.31. The maximum absolute atomic E-state index is 10.9. The Morgan fingerprint density at radius 2 is 1.53 bits per heavy atom. The van der Waals surface area contributed by atoms with Crippen molar-refractivity contribution in [3.8, 4) is 0 Å². The molecule has 0 bridgehead atoms. The molecule has 0 fully saturated rings. The third-order valence-corrected chi connectivity index (χ3v) is 3.53. The molecule has 1 nitrogen and oxygen atoms in total. The number of aliphatic hydroxyl groups is 1. The Kier molecular flexibility index (Phi) is 5.70. The summed E-state index contributed by atoms with van der Waals surface area (Å²) >= 11 is 0. The Hall–Kier alpha value is -0.820. The molecule has 17 heavy (non-hydrogen) atoms. The van der Waals surface area contributed by atoms with Gasteiger partial charge in [-0.15, -0.1) is 0 Å². The van der Waals surface area contributed by atoms with Gasteiger partial charge in [0.25, 0.3) is 0 Å². The van der Waals surface area contributed by atoms with E-state index in [9.17, 15) is 5.11 Å². The van der Waals surface area contributed by atoms with Crippen molar-refractivity contribution >= 4 is 0 Å². The molecule has 0 heterocycles. The van der Waals surface area contributed by atoms with Crippen LogP contribution in [-0.4, -0.2) is 5.11 Å². The largest absolute Gasteiger partial charge is 0.385 e. The monoisotopic (exact) mass is 234 g/mol. The van der Waals surface area contributed by atoms with Crippen LogP contribution >= 0.6 is 0 Å². The van der Waals surface area contributed by atoms with Crippen LogP contribution in [0.5, 0.6) is 0 Å². The number of rotatable bonds is 7. The summed E-state index contributed by atoms with van der Waals surface area (Å²) in [6.07, 6.45) is 6.23. The van der Waals surface area contributed by atoms with Crippen molar-refractivity contribution in [1.29, 1.82) is 0 Å². The van der Waals surface area contributed by atoms with Crippen molar-refractivity contribution in [2.24, 2.45) is 0 Å². The summed E-state index contributed by atoms with van der Waals surface area (Å²) in [6, 6.07) is 8.25. The van der Waals surface area contributed by atoms with Crippen LogP contribution < -0.4 is 0 Å². The van der Waals surface area contributed by atoms with Gasteiger partial charge in [-0.1, -0.05) is 63.8 Å². The van der Waals surface area contributed by atoms with Gasteiger partial charge in [-0.05, 0) is 30.9 Å². The van der Waals surface area contributed by atoms with Gasteiger partial charge in [-0.25, -0.2) is 0 Å². The normalized spacial score (nSPS) is 11.8. The highest BCUT2D eigenvalue weighted by Crippen LogP contribution is 2.34. The van der Waals surface area contributed by atoms with Gasteiger partial charge in [0, 0.05) is 0 Å². The average molecular weight is 234 g/mol. The number of aryl methyl sites for hydroxylation is 1. The topological polar surface area (TPSA) is 20.2 Å². The first-order valence-electron chi connectivity index (χ1n) is 6.92. The van der Waals surface area contributed by atoms with Gasteiger partial charge in [0.2, 0.25) is 0 Å². The van der Waals surface area contributed by atoms with E-state index < -0.39 is 5.60 Å². The smallest absolute Gasteiger partial charge is 0.0899 e. The van der Waals surface area contributed by atoms with Gasteiger partial charge in [0.1, 0.15) is 0 Å². The molecular formula is C16H26O. The summed E-state index contributed by atoms with van der Waals surface area (Å²) in [5, 5.41) is 10.9. The highest BCUT2D eigenvalue weighted by Gasteiger charge is 2.28. The van der Waals surface area contributed by atoms with Gasteiger partial charge in [-0.2, -0.15) is 0 Å². The van der Waals surface area contributed by atoms with Crippen LogP contribution in [0.2, 0.25) is 0 Å². The molecule has 0 saturated carbocycles. The molecule has 0 unspecified atom stereocenters. The zero-order valence-corrected chi connectivity index (χ0v) is 11.5. The van der Waals surface area contributed by atoms with Crippen molar-refractivity contribution in [3.63, 3.8) is 0 Å². The summed E-state index contributed by atoms with van der Waals surface area (Å²) in [5.41, 5.74) is 1.72. The van der Waals surface area contributed by atoms with Crippen molar-refractivity contribution in [2.75, 3.05) is 0 Å². The molecule has 1 rings (SSSR count). The van der Waals surface area contributed by atoms with E-state index in [1.54, 1.807) is 0 Å². The Morgan fingerprint density at radius 3 is 2.00 bits per heavy atom. The minimum atomic E-state index is -0.614. The Bertz CT molecular complexity index is 322. The van der Waals surface area contributed by atoms with E-state index >= 15 is 0 Å².